The van der Waals surface area contributed by atoms with Crippen molar-refractivity contribution in [1.29, 1.82) is 5.26 Å². The van der Waals surface area contributed by atoms with E-state index in [0.717, 1.165) is 11.1 Å². The highest BCUT2D eigenvalue weighted by molar-refractivity contribution is 7.92. The van der Waals surface area contributed by atoms with Crippen molar-refractivity contribution in [2.75, 3.05) is 0 Å². The third kappa shape index (κ3) is 2.35. The van der Waals surface area contributed by atoms with Crippen molar-refractivity contribution in [2.45, 2.75) is 29.9 Å². The Balaban J connectivity index is 2.08. The summed E-state index contributed by atoms with van der Waals surface area (Å²) in [5.74, 6) is -0.632. The summed E-state index contributed by atoms with van der Waals surface area (Å²) >= 11 is 0. The predicted octanol–water partition coefficient (Wildman–Crippen LogP) is 2.95. The van der Waals surface area contributed by atoms with Crippen LogP contribution in [0.15, 0.2) is 53.4 Å². The van der Waals surface area contributed by atoms with E-state index in [2.05, 4.69) is 0 Å². The first-order valence-electron chi connectivity index (χ1n) is 7.61. The molecule has 0 N–H and O–H groups in total. The van der Waals surface area contributed by atoms with E-state index in [4.69, 9.17) is 0 Å². The fourth-order valence-corrected chi connectivity index (χ4v) is 5.45. The molecule has 3 atom stereocenters. The van der Waals surface area contributed by atoms with Crippen LogP contribution in [0.3, 0.4) is 0 Å². The Bertz CT molecular complexity index is 924. The first-order chi connectivity index (χ1) is 11.4. The molecule has 5 heteroatoms. The molecule has 2 aromatic rings. The van der Waals surface area contributed by atoms with Crippen LogP contribution in [-0.2, 0) is 14.6 Å². The number of aldehydes is 1. The maximum Gasteiger partial charge on any atom is 0.183 e. The number of hydrogen-bond donors (Lipinski definition) is 0. The molecule has 0 aromatic heterocycles. The van der Waals surface area contributed by atoms with Gasteiger partial charge in [0.2, 0.25) is 0 Å². The molecule has 0 amide bonds. The van der Waals surface area contributed by atoms with Crippen molar-refractivity contribution >= 4 is 16.1 Å². The molecule has 0 radical (unpaired) electrons. The Labute approximate surface area is 141 Å². The molecule has 1 aliphatic rings. The summed E-state index contributed by atoms with van der Waals surface area (Å²) < 4.78 is 26.0. The maximum atomic E-state index is 13.0. The summed E-state index contributed by atoms with van der Waals surface area (Å²) in [4.78, 5) is 11.8. The van der Waals surface area contributed by atoms with Gasteiger partial charge in [-0.2, -0.15) is 5.26 Å². The Morgan fingerprint density at radius 2 is 1.50 bits per heavy atom. The molecule has 122 valence electrons. The number of sulfone groups is 1. The van der Waals surface area contributed by atoms with Crippen LogP contribution in [0.2, 0.25) is 0 Å². The van der Waals surface area contributed by atoms with Gasteiger partial charge in [0, 0.05) is 5.92 Å². The van der Waals surface area contributed by atoms with E-state index in [9.17, 15) is 18.5 Å². The molecule has 24 heavy (non-hydrogen) atoms. The predicted molar refractivity (Wildman–Crippen MR) is 90.2 cm³/mol. The summed E-state index contributed by atoms with van der Waals surface area (Å²) in [5.41, 5.74) is 1.17. The Kier molecular flexibility index (Phi) is 3.81. The molecule has 3 rings (SSSR count). The summed E-state index contributed by atoms with van der Waals surface area (Å²) in [6.07, 6.45) is 0.494. The van der Waals surface area contributed by atoms with Crippen LogP contribution in [0.1, 0.15) is 22.6 Å². The van der Waals surface area contributed by atoms with Gasteiger partial charge in [0.25, 0.3) is 0 Å². The van der Waals surface area contributed by atoms with Gasteiger partial charge in [0.05, 0.1) is 11.0 Å². The van der Waals surface area contributed by atoms with Gasteiger partial charge in [0.15, 0.2) is 9.84 Å². The Morgan fingerprint density at radius 1 is 1.00 bits per heavy atom. The van der Waals surface area contributed by atoms with Crippen molar-refractivity contribution < 1.29 is 13.2 Å². The van der Waals surface area contributed by atoms with Crippen molar-refractivity contribution in [1.82, 2.24) is 0 Å². The van der Waals surface area contributed by atoms with E-state index < -0.39 is 26.4 Å². The van der Waals surface area contributed by atoms with Gasteiger partial charge >= 0.3 is 0 Å². The lowest BCUT2D eigenvalue weighted by molar-refractivity contribution is -0.110. The zero-order valence-electron chi connectivity index (χ0n) is 13.4. The molecule has 1 aliphatic carbocycles. The zero-order chi connectivity index (χ0) is 17.5. The second kappa shape index (κ2) is 5.57. The molecule has 0 bridgehead atoms. The highest BCUT2D eigenvalue weighted by Gasteiger charge is 2.72. The molecule has 0 heterocycles. The minimum Gasteiger partial charge on any atom is -0.302 e. The zero-order valence-corrected chi connectivity index (χ0v) is 14.2. The number of rotatable bonds is 4. The minimum atomic E-state index is -3.78. The molecule has 0 saturated heterocycles. The van der Waals surface area contributed by atoms with E-state index >= 15 is 0 Å². The number of benzene rings is 2. The van der Waals surface area contributed by atoms with Crippen LogP contribution in [0.5, 0.6) is 0 Å². The standard InChI is InChI=1S/C19H17NO3S/c1-13-3-7-15(8-4-13)17-18(19(17,11-20)12-21)24(22,23)16-9-5-14(2)6-10-16/h3-10,12,17-18H,1-2H3/t17-,18-,19-/m0/s1. The number of nitriles is 1. The smallest absolute Gasteiger partial charge is 0.183 e. The van der Waals surface area contributed by atoms with E-state index in [1.807, 2.05) is 32.0 Å². The topological polar surface area (TPSA) is 75.0 Å². The van der Waals surface area contributed by atoms with Gasteiger partial charge in [-0.3, -0.25) is 0 Å². The molecular weight excluding hydrogens is 322 g/mol. The molecule has 2 aromatic carbocycles. The lowest BCUT2D eigenvalue weighted by Gasteiger charge is -2.05. The molecule has 0 aliphatic heterocycles. The molecule has 0 spiro atoms. The van der Waals surface area contributed by atoms with Gasteiger partial charge in [-0.25, -0.2) is 8.42 Å². The van der Waals surface area contributed by atoms with Crippen LogP contribution in [0, 0.1) is 30.6 Å². The van der Waals surface area contributed by atoms with Crippen LogP contribution in [0.4, 0.5) is 0 Å². The minimum absolute atomic E-state index is 0.147. The first kappa shape index (κ1) is 16.4. The molecule has 1 saturated carbocycles. The molecule has 0 unspecified atom stereocenters. The summed E-state index contributed by atoms with van der Waals surface area (Å²) in [7, 11) is -3.78. The van der Waals surface area contributed by atoms with Crippen molar-refractivity contribution in [2.24, 2.45) is 5.41 Å². The third-order valence-electron chi connectivity index (χ3n) is 4.69. The fourth-order valence-electron chi connectivity index (χ4n) is 3.21. The van der Waals surface area contributed by atoms with Gasteiger partial charge < -0.3 is 4.79 Å². The number of hydrogen-bond acceptors (Lipinski definition) is 4. The quantitative estimate of drug-likeness (QED) is 0.803. The highest BCUT2D eigenvalue weighted by atomic mass is 32.2. The summed E-state index contributed by atoms with van der Waals surface area (Å²) in [6.45, 7) is 3.79. The van der Waals surface area contributed by atoms with E-state index in [0.29, 0.717) is 11.8 Å². The summed E-state index contributed by atoms with van der Waals surface area (Å²) in [6, 6.07) is 15.7. The largest absolute Gasteiger partial charge is 0.302 e. The van der Waals surface area contributed by atoms with Gasteiger partial charge in [-0.1, -0.05) is 47.5 Å². The second-order valence-corrected chi connectivity index (χ2v) is 8.40. The Hall–Kier alpha value is -2.45. The summed E-state index contributed by atoms with van der Waals surface area (Å²) in [5, 5.41) is 8.48. The van der Waals surface area contributed by atoms with Crippen molar-refractivity contribution in [3.63, 3.8) is 0 Å². The number of carbonyl (C=O) groups is 1. The van der Waals surface area contributed by atoms with E-state index in [-0.39, 0.29) is 4.90 Å². The van der Waals surface area contributed by atoms with Crippen LogP contribution in [-0.4, -0.2) is 20.0 Å². The third-order valence-corrected chi connectivity index (χ3v) is 6.95. The molecule has 4 nitrogen and oxygen atoms in total. The number of aryl methyl sites for hydroxylation is 2. The molecule has 1 fully saturated rings. The lowest BCUT2D eigenvalue weighted by Crippen LogP contribution is -2.16. The fraction of sp³-hybridized carbons (Fsp3) is 0.263. The SMILES string of the molecule is Cc1ccc([C@H]2[C@H](S(=O)(=O)c3ccc(C)cc3)[C@@]2(C#N)C=O)cc1. The average molecular weight is 339 g/mol. The maximum absolute atomic E-state index is 13.0. The second-order valence-electron chi connectivity index (χ2n) is 6.33. The van der Waals surface area contributed by atoms with Gasteiger partial charge in [-0.05, 0) is 31.5 Å². The van der Waals surface area contributed by atoms with Gasteiger partial charge in [-0.15, -0.1) is 0 Å². The number of nitrogens with zero attached hydrogens (tertiary/aromatic N) is 1. The number of carbonyl (C=O) groups excluding carboxylic acids is 1. The van der Waals surface area contributed by atoms with Crippen molar-refractivity contribution in [3.8, 4) is 6.07 Å². The normalized spacial score (nSPS) is 25.7. The van der Waals surface area contributed by atoms with Crippen LogP contribution in [0.25, 0.3) is 0 Å². The first-order valence-corrected chi connectivity index (χ1v) is 9.16. The lowest BCUT2D eigenvalue weighted by atomic mass is 10.0. The Morgan fingerprint density at radius 3 is 1.96 bits per heavy atom. The molecular formula is C19H17NO3S. The van der Waals surface area contributed by atoms with Crippen LogP contribution < -0.4 is 0 Å². The van der Waals surface area contributed by atoms with Crippen molar-refractivity contribution in [3.05, 3.63) is 65.2 Å². The monoisotopic (exact) mass is 339 g/mol. The average Bonchev–Trinajstić information content (AvgIpc) is 3.26. The highest BCUT2D eigenvalue weighted by Crippen LogP contribution is 2.62. The van der Waals surface area contributed by atoms with Gasteiger partial charge in [0.1, 0.15) is 17.0 Å². The van der Waals surface area contributed by atoms with E-state index in [1.54, 1.807) is 24.3 Å². The van der Waals surface area contributed by atoms with Crippen LogP contribution >= 0.6 is 0 Å². The van der Waals surface area contributed by atoms with E-state index in [1.165, 1.54) is 12.1 Å².